The summed E-state index contributed by atoms with van der Waals surface area (Å²) in [5, 5.41) is 3.66. The second-order valence-corrected chi connectivity index (χ2v) is 7.22. The molecule has 2 heteroatoms. The van der Waals surface area contributed by atoms with Gasteiger partial charge in [-0.15, -0.1) is 0 Å². The highest BCUT2D eigenvalue weighted by molar-refractivity contribution is 5.20. The zero-order valence-electron chi connectivity index (χ0n) is 13.9. The molecule has 0 bridgehead atoms. The molecule has 2 nitrogen and oxygen atoms in total. The van der Waals surface area contributed by atoms with Gasteiger partial charge < -0.3 is 10.1 Å². The molecule has 1 saturated carbocycles. The molecule has 0 amide bonds. The van der Waals surface area contributed by atoms with Crippen molar-refractivity contribution in [2.45, 2.75) is 46.5 Å². The van der Waals surface area contributed by atoms with E-state index in [0.29, 0.717) is 5.41 Å². The standard InChI is InChI=1S/C19H31NO/c1-16(2)14-20-15-19(3,17-10-11-17)12-7-13-21-18-8-5-4-6-9-18/h4-6,8-9,16-17,20H,7,10-15H2,1-3H3. The lowest BCUT2D eigenvalue weighted by Gasteiger charge is -2.30. The Bertz CT molecular complexity index is 399. The molecule has 0 aliphatic heterocycles. The average Bonchev–Trinajstić information content (AvgIpc) is 3.29. The molecule has 1 aromatic rings. The van der Waals surface area contributed by atoms with Crippen molar-refractivity contribution in [2.24, 2.45) is 17.3 Å². The third-order valence-electron chi connectivity index (χ3n) is 4.55. The molecule has 0 aromatic heterocycles. The SMILES string of the molecule is CC(C)CNCC(C)(CCCOc1ccccc1)C1CC1. The first-order valence-corrected chi connectivity index (χ1v) is 8.49. The Balaban J connectivity index is 1.70. The minimum absolute atomic E-state index is 0.453. The summed E-state index contributed by atoms with van der Waals surface area (Å²) in [6, 6.07) is 10.1. The fraction of sp³-hybridized carbons (Fsp3) is 0.684. The van der Waals surface area contributed by atoms with Gasteiger partial charge in [-0.05, 0) is 61.6 Å². The Morgan fingerprint density at radius 2 is 1.95 bits per heavy atom. The van der Waals surface area contributed by atoms with Crippen LogP contribution in [-0.4, -0.2) is 19.7 Å². The first-order chi connectivity index (χ1) is 10.1. The van der Waals surface area contributed by atoms with E-state index in [2.05, 4.69) is 26.1 Å². The van der Waals surface area contributed by atoms with Crippen molar-refractivity contribution >= 4 is 0 Å². The third-order valence-corrected chi connectivity index (χ3v) is 4.55. The van der Waals surface area contributed by atoms with Crippen molar-refractivity contribution in [1.29, 1.82) is 0 Å². The van der Waals surface area contributed by atoms with Gasteiger partial charge in [-0.3, -0.25) is 0 Å². The maximum absolute atomic E-state index is 5.82. The summed E-state index contributed by atoms with van der Waals surface area (Å²) in [6.45, 7) is 10.1. The van der Waals surface area contributed by atoms with Crippen LogP contribution in [0, 0.1) is 17.3 Å². The number of para-hydroxylation sites is 1. The van der Waals surface area contributed by atoms with E-state index in [-0.39, 0.29) is 0 Å². The van der Waals surface area contributed by atoms with E-state index < -0.39 is 0 Å². The van der Waals surface area contributed by atoms with E-state index in [0.717, 1.165) is 43.7 Å². The first-order valence-electron chi connectivity index (χ1n) is 8.49. The molecule has 1 aliphatic carbocycles. The number of nitrogens with one attached hydrogen (secondary N) is 1. The van der Waals surface area contributed by atoms with Crippen molar-refractivity contribution in [2.75, 3.05) is 19.7 Å². The van der Waals surface area contributed by atoms with Gasteiger partial charge >= 0.3 is 0 Å². The molecule has 0 saturated heterocycles. The molecule has 1 fully saturated rings. The van der Waals surface area contributed by atoms with Gasteiger partial charge in [0.05, 0.1) is 6.61 Å². The monoisotopic (exact) mass is 289 g/mol. The van der Waals surface area contributed by atoms with Crippen LogP contribution >= 0.6 is 0 Å². The molecule has 0 heterocycles. The molecule has 118 valence electrons. The van der Waals surface area contributed by atoms with Gasteiger partial charge in [0.2, 0.25) is 0 Å². The number of rotatable bonds is 10. The summed E-state index contributed by atoms with van der Waals surface area (Å²) in [6.07, 6.45) is 5.24. The summed E-state index contributed by atoms with van der Waals surface area (Å²) in [4.78, 5) is 0. The lowest BCUT2D eigenvalue weighted by Crippen LogP contribution is -2.35. The molecule has 0 radical (unpaired) electrons. The van der Waals surface area contributed by atoms with Crippen LogP contribution in [-0.2, 0) is 0 Å². The minimum Gasteiger partial charge on any atom is -0.494 e. The summed E-state index contributed by atoms with van der Waals surface area (Å²) < 4.78 is 5.82. The van der Waals surface area contributed by atoms with Crippen LogP contribution in [0.25, 0.3) is 0 Å². The van der Waals surface area contributed by atoms with Gasteiger partial charge in [0.15, 0.2) is 0 Å². The largest absolute Gasteiger partial charge is 0.494 e. The van der Waals surface area contributed by atoms with Crippen molar-refractivity contribution < 1.29 is 4.74 Å². The molecule has 1 N–H and O–H groups in total. The first kappa shape index (κ1) is 16.4. The topological polar surface area (TPSA) is 21.3 Å². The maximum atomic E-state index is 5.82. The maximum Gasteiger partial charge on any atom is 0.119 e. The second kappa shape index (κ2) is 7.84. The number of benzene rings is 1. The molecule has 1 unspecified atom stereocenters. The highest BCUT2D eigenvalue weighted by atomic mass is 16.5. The molecular weight excluding hydrogens is 258 g/mol. The van der Waals surface area contributed by atoms with E-state index in [1.54, 1.807) is 0 Å². The van der Waals surface area contributed by atoms with Crippen LogP contribution in [0.3, 0.4) is 0 Å². The highest BCUT2D eigenvalue weighted by Crippen LogP contribution is 2.47. The van der Waals surface area contributed by atoms with Crippen LogP contribution in [0.15, 0.2) is 30.3 Å². The van der Waals surface area contributed by atoms with Gasteiger partial charge in [0, 0.05) is 6.54 Å². The molecular formula is C19H31NO. The lowest BCUT2D eigenvalue weighted by atomic mass is 9.80. The van der Waals surface area contributed by atoms with Crippen molar-refractivity contribution in [3.05, 3.63) is 30.3 Å². The molecule has 1 aromatic carbocycles. The van der Waals surface area contributed by atoms with E-state index in [9.17, 15) is 0 Å². The van der Waals surface area contributed by atoms with Crippen molar-refractivity contribution in [3.8, 4) is 5.75 Å². The predicted octanol–water partition coefficient (Wildman–Crippen LogP) is 4.51. The van der Waals surface area contributed by atoms with E-state index >= 15 is 0 Å². The van der Waals surface area contributed by atoms with Gasteiger partial charge in [-0.1, -0.05) is 39.0 Å². The summed E-state index contributed by atoms with van der Waals surface area (Å²) >= 11 is 0. The molecule has 1 aliphatic rings. The highest BCUT2D eigenvalue weighted by Gasteiger charge is 2.40. The number of hydrogen-bond donors (Lipinski definition) is 1. The quantitative estimate of drug-likeness (QED) is 0.640. The lowest BCUT2D eigenvalue weighted by molar-refractivity contribution is 0.203. The summed E-state index contributed by atoms with van der Waals surface area (Å²) in [5.74, 6) is 2.65. The Morgan fingerprint density at radius 3 is 2.57 bits per heavy atom. The van der Waals surface area contributed by atoms with Gasteiger partial charge in [0.1, 0.15) is 5.75 Å². The van der Waals surface area contributed by atoms with Crippen LogP contribution < -0.4 is 10.1 Å². The third kappa shape index (κ3) is 5.70. The Labute approximate surface area is 130 Å². The second-order valence-electron chi connectivity index (χ2n) is 7.22. The Kier molecular flexibility index (Phi) is 6.10. The van der Waals surface area contributed by atoms with Gasteiger partial charge in [-0.2, -0.15) is 0 Å². The Morgan fingerprint density at radius 1 is 1.24 bits per heavy atom. The molecule has 21 heavy (non-hydrogen) atoms. The molecule has 1 atom stereocenters. The van der Waals surface area contributed by atoms with Gasteiger partial charge in [0.25, 0.3) is 0 Å². The van der Waals surface area contributed by atoms with Crippen LogP contribution in [0.1, 0.15) is 46.5 Å². The fourth-order valence-electron chi connectivity index (χ4n) is 3.05. The molecule has 2 rings (SSSR count). The summed E-state index contributed by atoms with van der Waals surface area (Å²) in [7, 11) is 0. The normalized spacial score (nSPS) is 17.7. The Hall–Kier alpha value is -1.02. The zero-order chi connectivity index (χ0) is 15.1. The van der Waals surface area contributed by atoms with Crippen LogP contribution in [0.2, 0.25) is 0 Å². The fourth-order valence-corrected chi connectivity index (χ4v) is 3.05. The van der Waals surface area contributed by atoms with Crippen LogP contribution in [0.4, 0.5) is 0 Å². The molecule has 0 spiro atoms. The average molecular weight is 289 g/mol. The number of hydrogen-bond acceptors (Lipinski definition) is 2. The summed E-state index contributed by atoms with van der Waals surface area (Å²) in [5.41, 5.74) is 0.453. The smallest absolute Gasteiger partial charge is 0.119 e. The van der Waals surface area contributed by atoms with Crippen molar-refractivity contribution in [3.63, 3.8) is 0 Å². The van der Waals surface area contributed by atoms with Crippen molar-refractivity contribution in [1.82, 2.24) is 5.32 Å². The predicted molar refractivity (Wildman–Crippen MR) is 89.7 cm³/mol. The zero-order valence-corrected chi connectivity index (χ0v) is 13.9. The minimum atomic E-state index is 0.453. The van der Waals surface area contributed by atoms with Gasteiger partial charge in [-0.25, -0.2) is 0 Å². The van der Waals surface area contributed by atoms with Crippen LogP contribution in [0.5, 0.6) is 5.75 Å². The van der Waals surface area contributed by atoms with E-state index in [1.165, 1.54) is 19.3 Å². The van der Waals surface area contributed by atoms with E-state index in [1.807, 2.05) is 30.3 Å². The number of ether oxygens (including phenoxy) is 1. The van der Waals surface area contributed by atoms with E-state index in [4.69, 9.17) is 4.74 Å².